The van der Waals surface area contributed by atoms with Gasteiger partial charge in [-0.15, -0.1) is 0 Å². The van der Waals surface area contributed by atoms with Gasteiger partial charge in [-0.2, -0.15) is 0 Å². The fourth-order valence-corrected chi connectivity index (χ4v) is 3.19. The third-order valence-corrected chi connectivity index (χ3v) is 4.10. The summed E-state index contributed by atoms with van der Waals surface area (Å²) in [6, 6.07) is 4.99. The van der Waals surface area contributed by atoms with Gasteiger partial charge < -0.3 is 9.80 Å². The number of rotatable bonds is 1. The summed E-state index contributed by atoms with van der Waals surface area (Å²) < 4.78 is 0. The number of pyridine rings is 1. The monoisotopic (exact) mass is 231 g/mol. The number of hydrogen-bond acceptors (Lipinski definition) is 3. The first kappa shape index (κ1) is 11.0. The zero-order valence-corrected chi connectivity index (χ0v) is 10.4. The molecule has 92 valence electrons. The van der Waals surface area contributed by atoms with Crippen molar-refractivity contribution in [2.75, 3.05) is 31.1 Å². The molecule has 0 unspecified atom stereocenters. The highest BCUT2D eigenvalue weighted by Gasteiger charge is 2.25. The molecule has 0 atom stereocenters. The summed E-state index contributed by atoms with van der Waals surface area (Å²) in [7, 11) is 0. The normalized spacial score (nSPS) is 29.5. The first-order valence-electron chi connectivity index (χ1n) is 6.82. The van der Waals surface area contributed by atoms with Crippen LogP contribution in [0.2, 0.25) is 0 Å². The summed E-state index contributed by atoms with van der Waals surface area (Å²) in [6.07, 6.45) is 9.25. The van der Waals surface area contributed by atoms with E-state index in [9.17, 15) is 0 Å². The van der Waals surface area contributed by atoms with E-state index in [1.165, 1.54) is 51.0 Å². The van der Waals surface area contributed by atoms with Crippen LogP contribution in [-0.2, 0) is 0 Å². The molecule has 0 spiro atoms. The highest BCUT2D eigenvalue weighted by Crippen LogP contribution is 2.25. The van der Waals surface area contributed by atoms with Crippen LogP contribution in [0.4, 0.5) is 5.69 Å². The predicted octanol–water partition coefficient (Wildman–Crippen LogP) is 2.15. The van der Waals surface area contributed by atoms with E-state index >= 15 is 0 Å². The van der Waals surface area contributed by atoms with Gasteiger partial charge in [0.15, 0.2) is 0 Å². The van der Waals surface area contributed by atoms with Crippen LogP contribution in [0.1, 0.15) is 25.7 Å². The summed E-state index contributed by atoms with van der Waals surface area (Å²) in [5.41, 5.74) is 1.31. The molecule has 0 amide bonds. The molecule has 2 bridgehead atoms. The highest BCUT2D eigenvalue weighted by molar-refractivity contribution is 5.45. The molecular formula is C14H21N3. The Morgan fingerprint density at radius 2 is 1.88 bits per heavy atom. The lowest BCUT2D eigenvalue weighted by Crippen LogP contribution is -2.47. The van der Waals surface area contributed by atoms with Crippen molar-refractivity contribution in [1.29, 1.82) is 0 Å². The Kier molecular flexibility index (Phi) is 3.27. The van der Waals surface area contributed by atoms with Gasteiger partial charge in [0, 0.05) is 25.3 Å². The zero-order chi connectivity index (χ0) is 11.5. The second kappa shape index (κ2) is 5.05. The van der Waals surface area contributed by atoms with Crippen molar-refractivity contribution in [1.82, 2.24) is 9.88 Å². The van der Waals surface area contributed by atoms with Crippen LogP contribution in [0.5, 0.6) is 0 Å². The van der Waals surface area contributed by atoms with E-state index in [4.69, 9.17) is 0 Å². The van der Waals surface area contributed by atoms with E-state index < -0.39 is 0 Å². The minimum absolute atomic E-state index is 0.738. The van der Waals surface area contributed by atoms with Crippen molar-refractivity contribution in [2.45, 2.75) is 31.7 Å². The minimum atomic E-state index is 0.738. The quantitative estimate of drug-likeness (QED) is 0.738. The van der Waals surface area contributed by atoms with Crippen molar-refractivity contribution in [3.8, 4) is 0 Å². The number of anilines is 1. The molecule has 4 heterocycles. The molecule has 0 aromatic carbocycles. The van der Waals surface area contributed by atoms with Crippen molar-refractivity contribution in [2.24, 2.45) is 0 Å². The largest absolute Gasteiger partial charge is 0.366 e. The molecule has 0 aliphatic carbocycles. The Bertz CT molecular complexity index is 342. The van der Waals surface area contributed by atoms with Crippen molar-refractivity contribution in [3.63, 3.8) is 0 Å². The molecule has 17 heavy (non-hydrogen) atoms. The van der Waals surface area contributed by atoms with Crippen LogP contribution in [0, 0.1) is 0 Å². The molecule has 0 radical (unpaired) electrons. The van der Waals surface area contributed by atoms with Crippen LogP contribution in [0.3, 0.4) is 0 Å². The molecule has 3 fully saturated rings. The number of nitrogens with zero attached hydrogens (tertiary/aromatic N) is 3. The van der Waals surface area contributed by atoms with Gasteiger partial charge in [-0.1, -0.05) is 0 Å². The summed E-state index contributed by atoms with van der Waals surface area (Å²) in [5, 5.41) is 0. The van der Waals surface area contributed by atoms with Crippen molar-refractivity contribution < 1.29 is 0 Å². The molecule has 3 heteroatoms. The second-order valence-electron chi connectivity index (χ2n) is 5.18. The van der Waals surface area contributed by atoms with Gasteiger partial charge in [0.25, 0.3) is 0 Å². The smallest absolute Gasteiger partial charge is 0.0555 e. The molecule has 3 aliphatic rings. The Balaban J connectivity index is 1.83. The van der Waals surface area contributed by atoms with Crippen LogP contribution >= 0.6 is 0 Å². The third-order valence-electron chi connectivity index (χ3n) is 4.10. The van der Waals surface area contributed by atoms with E-state index in [1.54, 1.807) is 0 Å². The summed E-state index contributed by atoms with van der Waals surface area (Å²) in [5.74, 6) is 0. The lowest BCUT2D eigenvalue weighted by Gasteiger charge is -2.41. The molecule has 0 saturated carbocycles. The number of aromatic nitrogens is 1. The fraction of sp³-hybridized carbons (Fsp3) is 0.643. The SMILES string of the molecule is c1cncc(N2CCN3CCCC2CCC3)c1. The van der Waals surface area contributed by atoms with E-state index in [0.717, 1.165) is 12.6 Å². The van der Waals surface area contributed by atoms with Crippen LogP contribution in [-0.4, -0.2) is 42.1 Å². The summed E-state index contributed by atoms with van der Waals surface area (Å²) in [6.45, 7) is 4.98. The van der Waals surface area contributed by atoms with Crippen LogP contribution in [0.15, 0.2) is 24.5 Å². The van der Waals surface area contributed by atoms with Gasteiger partial charge in [-0.05, 0) is 50.9 Å². The van der Waals surface area contributed by atoms with Gasteiger partial charge in [0.2, 0.25) is 0 Å². The minimum Gasteiger partial charge on any atom is -0.366 e. The van der Waals surface area contributed by atoms with Crippen LogP contribution < -0.4 is 4.90 Å². The Labute approximate surface area is 103 Å². The molecule has 1 aromatic rings. The number of hydrogen-bond donors (Lipinski definition) is 0. The first-order chi connectivity index (χ1) is 8.43. The van der Waals surface area contributed by atoms with E-state index in [-0.39, 0.29) is 0 Å². The molecule has 3 saturated heterocycles. The Hall–Kier alpha value is -1.09. The molecule has 3 aliphatic heterocycles. The maximum absolute atomic E-state index is 4.26. The second-order valence-corrected chi connectivity index (χ2v) is 5.18. The van der Waals surface area contributed by atoms with Crippen LogP contribution in [0.25, 0.3) is 0 Å². The van der Waals surface area contributed by atoms with E-state index in [2.05, 4.69) is 26.9 Å². The van der Waals surface area contributed by atoms with Gasteiger partial charge in [-0.25, -0.2) is 0 Å². The predicted molar refractivity (Wildman–Crippen MR) is 70.3 cm³/mol. The van der Waals surface area contributed by atoms with E-state index in [1.807, 2.05) is 12.4 Å². The summed E-state index contributed by atoms with van der Waals surface area (Å²) in [4.78, 5) is 9.47. The average Bonchev–Trinajstić information content (AvgIpc) is 2.28. The highest BCUT2D eigenvalue weighted by atomic mass is 15.2. The van der Waals surface area contributed by atoms with Gasteiger partial charge in [-0.3, -0.25) is 4.98 Å². The van der Waals surface area contributed by atoms with Gasteiger partial charge >= 0.3 is 0 Å². The molecule has 4 rings (SSSR count). The van der Waals surface area contributed by atoms with E-state index in [0.29, 0.717) is 0 Å². The van der Waals surface area contributed by atoms with Crippen molar-refractivity contribution in [3.05, 3.63) is 24.5 Å². The molecular weight excluding hydrogens is 210 g/mol. The lowest BCUT2D eigenvalue weighted by atomic mass is 9.98. The first-order valence-corrected chi connectivity index (χ1v) is 6.82. The van der Waals surface area contributed by atoms with Gasteiger partial charge in [0.05, 0.1) is 11.9 Å². The van der Waals surface area contributed by atoms with Crippen molar-refractivity contribution >= 4 is 5.69 Å². The summed E-state index contributed by atoms with van der Waals surface area (Å²) >= 11 is 0. The average molecular weight is 231 g/mol. The standard InChI is InChI=1S/C14H21N3/c1-4-14(12-15-7-1)17-11-10-16-8-2-5-13(17)6-3-9-16/h1,4,7,12-13H,2-3,5-6,8-11H2. The molecule has 0 N–H and O–H groups in total. The Morgan fingerprint density at radius 3 is 2.59 bits per heavy atom. The maximum Gasteiger partial charge on any atom is 0.0555 e. The molecule has 1 aromatic heterocycles. The zero-order valence-electron chi connectivity index (χ0n) is 10.4. The Morgan fingerprint density at radius 1 is 1.06 bits per heavy atom. The maximum atomic E-state index is 4.26. The lowest BCUT2D eigenvalue weighted by molar-refractivity contribution is 0.217. The fourth-order valence-electron chi connectivity index (χ4n) is 3.19. The molecule has 3 nitrogen and oxygen atoms in total. The third kappa shape index (κ3) is 2.44. The topological polar surface area (TPSA) is 19.4 Å². The number of fused-ring (bicyclic) bond motifs is 6. The van der Waals surface area contributed by atoms with Gasteiger partial charge in [0.1, 0.15) is 0 Å².